The van der Waals surface area contributed by atoms with Gasteiger partial charge in [0.05, 0.1) is 5.69 Å². The minimum atomic E-state index is 0.000370. The van der Waals surface area contributed by atoms with Gasteiger partial charge in [-0.3, -0.25) is 0 Å². The van der Waals surface area contributed by atoms with E-state index in [1.165, 1.54) is 0 Å². The lowest BCUT2D eigenvalue weighted by molar-refractivity contribution is 0.696. The molecule has 1 aromatic rings. The van der Waals surface area contributed by atoms with E-state index in [1.807, 2.05) is 6.92 Å². The molecule has 1 atom stereocenters. The number of aromatic nitrogens is 1. The fourth-order valence-corrected chi connectivity index (χ4v) is 0.948. The number of nitrogens with two attached hydrogens (primary N) is 3. The molecule has 1 unspecified atom stereocenters. The molecule has 6 N–H and O–H groups in total. The number of pyridine rings is 1. The molecule has 4 nitrogen and oxygen atoms in total. The summed E-state index contributed by atoms with van der Waals surface area (Å²) in [5, 5.41) is 0. The number of nitrogen functional groups attached to an aromatic ring is 2. The maximum absolute atomic E-state index is 5.78. The van der Waals surface area contributed by atoms with E-state index < -0.39 is 0 Å². The highest BCUT2D eigenvalue weighted by Crippen LogP contribution is 2.18. The van der Waals surface area contributed by atoms with Crippen molar-refractivity contribution >= 4 is 11.5 Å². The predicted molar refractivity (Wildman–Crippen MR) is 50.3 cm³/mol. The van der Waals surface area contributed by atoms with Crippen molar-refractivity contribution in [1.82, 2.24) is 4.98 Å². The van der Waals surface area contributed by atoms with E-state index in [2.05, 4.69) is 4.98 Å². The molecule has 0 bridgehead atoms. The molecule has 4 heteroatoms. The van der Waals surface area contributed by atoms with Crippen LogP contribution in [0.1, 0.15) is 24.9 Å². The van der Waals surface area contributed by atoms with E-state index in [9.17, 15) is 0 Å². The van der Waals surface area contributed by atoms with Gasteiger partial charge >= 0.3 is 0 Å². The molecule has 12 heavy (non-hydrogen) atoms. The monoisotopic (exact) mass is 166 g/mol. The second kappa shape index (κ2) is 3.40. The number of hydrogen-bond acceptors (Lipinski definition) is 4. The summed E-state index contributed by atoms with van der Waals surface area (Å²) in [5.41, 5.74) is 18.2. The molecule has 1 rings (SSSR count). The molecule has 0 spiro atoms. The molecule has 0 aliphatic rings. The highest BCUT2D eigenvalue weighted by Gasteiger charge is 2.05. The van der Waals surface area contributed by atoms with Crippen LogP contribution in [0.15, 0.2) is 12.3 Å². The van der Waals surface area contributed by atoms with Crippen LogP contribution in [0.2, 0.25) is 0 Å². The fourth-order valence-electron chi connectivity index (χ4n) is 0.948. The Labute approximate surface area is 71.8 Å². The van der Waals surface area contributed by atoms with Gasteiger partial charge in [0, 0.05) is 12.2 Å². The lowest BCUT2D eigenvalue weighted by atomic mass is 10.1. The summed E-state index contributed by atoms with van der Waals surface area (Å²) < 4.78 is 0. The maximum Gasteiger partial charge on any atom is 0.146 e. The first-order valence-electron chi connectivity index (χ1n) is 3.91. The molecule has 0 radical (unpaired) electrons. The molecule has 0 aromatic carbocycles. The normalized spacial score (nSPS) is 12.8. The van der Waals surface area contributed by atoms with Crippen LogP contribution in [0.25, 0.3) is 0 Å². The summed E-state index contributed by atoms with van der Waals surface area (Å²) in [4.78, 5) is 3.92. The van der Waals surface area contributed by atoms with Crippen LogP contribution in [-0.4, -0.2) is 4.98 Å². The van der Waals surface area contributed by atoms with E-state index >= 15 is 0 Å². The predicted octanol–water partition coefficient (Wildman–Crippen LogP) is 0.656. The van der Waals surface area contributed by atoms with Gasteiger partial charge in [-0.25, -0.2) is 4.98 Å². The first kappa shape index (κ1) is 8.80. The van der Waals surface area contributed by atoms with Gasteiger partial charge in [-0.05, 0) is 18.1 Å². The summed E-state index contributed by atoms with van der Waals surface area (Å²) in [6, 6.07) is 1.77. The molecule has 1 aromatic heterocycles. The minimum absolute atomic E-state index is 0.000370. The first-order chi connectivity index (χ1) is 5.65. The van der Waals surface area contributed by atoms with E-state index in [0.29, 0.717) is 11.5 Å². The molecular formula is C8H14N4. The van der Waals surface area contributed by atoms with Crippen LogP contribution < -0.4 is 17.2 Å². The van der Waals surface area contributed by atoms with Gasteiger partial charge in [0.2, 0.25) is 0 Å². The SMILES string of the molecule is CCC(N)c1cnc(N)c(N)c1. The smallest absolute Gasteiger partial charge is 0.146 e. The average Bonchev–Trinajstić information content (AvgIpc) is 2.08. The van der Waals surface area contributed by atoms with E-state index in [-0.39, 0.29) is 6.04 Å². The Hall–Kier alpha value is -1.29. The maximum atomic E-state index is 5.78. The Bertz CT molecular complexity index is 272. The zero-order chi connectivity index (χ0) is 9.14. The van der Waals surface area contributed by atoms with Crippen LogP contribution in [-0.2, 0) is 0 Å². The summed E-state index contributed by atoms with van der Waals surface area (Å²) in [7, 11) is 0. The number of anilines is 2. The second-order valence-corrected chi connectivity index (χ2v) is 2.76. The van der Waals surface area contributed by atoms with Crippen molar-refractivity contribution in [3.05, 3.63) is 17.8 Å². The van der Waals surface area contributed by atoms with Gasteiger partial charge in [-0.1, -0.05) is 6.92 Å². The van der Waals surface area contributed by atoms with Gasteiger partial charge < -0.3 is 17.2 Å². The van der Waals surface area contributed by atoms with Crippen LogP contribution in [0.4, 0.5) is 11.5 Å². The second-order valence-electron chi connectivity index (χ2n) is 2.76. The van der Waals surface area contributed by atoms with Crippen LogP contribution >= 0.6 is 0 Å². The van der Waals surface area contributed by atoms with E-state index in [4.69, 9.17) is 17.2 Å². The quantitative estimate of drug-likeness (QED) is 0.601. The van der Waals surface area contributed by atoms with Gasteiger partial charge in [-0.15, -0.1) is 0 Å². The molecule has 0 saturated carbocycles. The van der Waals surface area contributed by atoms with Crippen molar-refractivity contribution < 1.29 is 0 Å². The lowest BCUT2D eigenvalue weighted by Gasteiger charge is -2.09. The summed E-state index contributed by atoms with van der Waals surface area (Å²) in [5.74, 6) is 0.363. The molecule has 0 aliphatic heterocycles. The molecule has 1 heterocycles. The van der Waals surface area contributed by atoms with Gasteiger partial charge in [0.25, 0.3) is 0 Å². The summed E-state index contributed by atoms with van der Waals surface area (Å²) in [6.45, 7) is 2.01. The van der Waals surface area contributed by atoms with Gasteiger partial charge in [0.1, 0.15) is 5.82 Å². The third-order valence-electron chi connectivity index (χ3n) is 1.84. The zero-order valence-corrected chi connectivity index (χ0v) is 7.12. The molecule has 66 valence electrons. The molecule has 0 amide bonds. The van der Waals surface area contributed by atoms with Gasteiger partial charge in [-0.2, -0.15) is 0 Å². The van der Waals surface area contributed by atoms with Crippen molar-refractivity contribution in [2.45, 2.75) is 19.4 Å². The van der Waals surface area contributed by atoms with Gasteiger partial charge in [0.15, 0.2) is 0 Å². The van der Waals surface area contributed by atoms with Crippen molar-refractivity contribution in [3.63, 3.8) is 0 Å². The summed E-state index contributed by atoms with van der Waals surface area (Å²) in [6.07, 6.45) is 2.53. The number of rotatable bonds is 2. The zero-order valence-electron chi connectivity index (χ0n) is 7.12. The average molecular weight is 166 g/mol. The number of nitrogens with zero attached hydrogens (tertiary/aromatic N) is 1. The minimum Gasteiger partial charge on any atom is -0.396 e. The van der Waals surface area contributed by atoms with Crippen LogP contribution in [0, 0.1) is 0 Å². The molecular weight excluding hydrogens is 152 g/mol. The van der Waals surface area contributed by atoms with Crippen LogP contribution in [0.5, 0.6) is 0 Å². The highest BCUT2D eigenvalue weighted by molar-refractivity contribution is 5.58. The van der Waals surface area contributed by atoms with Crippen molar-refractivity contribution in [2.24, 2.45) is 5.73 Å². The summed E-state index contributed by atoms with van der Waals surface area (Å²) >= 11 is 0. The highest BCUT2D eigenvalue weighted by atomic mass is 14.9. The van der Waals surface area contributed by atoms with Crippen molar-refractivity contribution in [3.8, 4) is 0 Å². The largest absolute Gasteiger partial charge is 0.396 e. The lowest BCUT2D eigenvalue weighted by Crippen LogP contribution is -2.10. The topological polar surface area (TPSA) is 90.9 Å². The Morgan fingerprint density at radius 3 is 2.67 bits per heavy atom. The van der Waals surface area contributed by atoms with Crippen molar-refractivity contribution in [1.29, 1.82) is 0 Å². The Morgan fingerprint density at radius 2 is 2.17 bits per heavy atom. The van der Waals surface area contributed by atoms with E-state index in [0.717, 1.165) is 12.0 Å². The molecule has 0 saturated heterocycles. The molecule has 0 fully saturated rings. The fraction of sp³-hybridized carbons (Fsp3) is 0.375. The Morgan fingerprint density at radius 1 is 1.50 bits per heavy atom. The van der Waals surface area contributed by atoms with E-state index in [1.54, 1.807) is 12.3 Å². The third-order valence-corrected chi connectivity index (χ3v) is 1.84. The molecule has 0 aliphatic carbocycles. The first-order valence-corrected chi connectivity index (χ1v) is 3.91. The van der Waals surface area contributed by atoms with Crippen molar-refractivity contribution in [2.75, 3.05) is 11.5 Å². The standard InChI is InChI=1S/C8H14N4/c1-2-6(9)5-3-7(10)8(11)12-4-5/h3-4,6H,2,9-10H2,1H3,(H2,11,12). The Balaban J connectivity index is 2.96. The van der Waals surface area contributed by atoms with Crippen LogP contribution in [0.3, 0.4) is 0 Å². The Kier molecular flexibility index (Phi) is 2.50. The number of hydrogen-bond donors (Lipinski definition) is 3. The third kappa shape index (κ3) is 1.65.